The standard InChI is InChI=1S/C18H10ClF3N2O5S/c19-13-7-10(18(20,21)22)1-4-15(13)29-11-2-3-14(24(26)27)12(8-11)17(25)28-9-16-23-5-6-30-16/h1-8H,9H2. The maximum atomic E-state index is 12.7. The molecule has 0 saturated heterocycles. The van der Waals surface area contributed by atoms with Crippen molar-refractivity contribution in [1.29, 1.82) is 0 Å². The van der Waals surface area contributed by atoms with Crippen LogP contribution >= 0.6 is 22.9 Å². The SMILES string of the molecule is O=C(OCc1nccs1)c1cc(Oc2ccc(C(F)(F)F)cc2Cl)ccc1[N+](=O)[O-]. The van der Waals surface area contributed by atoms with E-state index in [0.29, 0.717) is 11.1 Å². The molecule has 30 heavy (non-hydrogen) atoms. The quantitative estimate of drug-likeness (QED) is 0.260. The number of rotatable bonds is 6. The smallest absolute Gasteiger partial charge is 0.416 e. The van der Waals surface area contributed by atoms with E-state index in [1.807, 2.05) is 0 Å². The number of hydrogen-bond donors (Lipinski definition) is 0. The van der Waals surface area contributed by atoms with Crippen molar-refractivity contribution in [3.63, 3.8) is 0 Å². The number of benzene rings is 2. The molecule has 2 aromatic carbocycles. The number of hydrogen-bond acceptors (Lipinski definition) is 7. The monoisotopic (exact) mass is 458 g/mol. The van der Waals surface area contributed by atoms with Gasteiger partial charge in [-0.2, -0.15) is 13.2 Å². The van der Waals surface area contributed by atoms with E-state index in [-0.39, 0.29) is 23.1 Å². The Morgan fingerprint density at radius 1 is 1.23 bits per heavy atom. The van der Waals surface area contributed by atoms with Crippen LogP contribution in [-0.4, -0.2) is 15.9 Å². The zero-order chi connectivity index (χ0) is 21.9. The highest BCUT2D eigenvalue weighted by Gasteiger charge is 2.31. The third-order valence-electron chi connectivity index (χ3n) is 3.68. The highest BCUT2D eigenvalue weighted by Crippen LogP contribution is 2.37. The Labute approximate surface area is 175 Å². The van der Waals surface area contributed by atoms with Crippen molar-refractivity contribution in [3.8, 4) is 11.5 Å². The Bertz CT molecular complexity index is 1090. The van der Waals surface area contributed by atoms with Crippen molar-refractivity contribution in [2.45, 2.75) is 12.8 Å². The van der Waals surface area contributed by atoms with Crippen LogP contribution < -0.4 is 4.74 Å². The minimum absolute atomic E-state index is 0.0524. The zero-order valence-electron chi connectivity index (χ0n) is 14.7. The third kappa shape index (κ3) is 5.05. The van der Waals surface area contributed by atoms with Crippen molar-refractivity contribution in [2.24, 2.45) is 0 Å². The molecule has 0 N–H and O–H groups in total. The highest BCUT2D eigenvalue weighted by molar-refractivity contribution is 7.09. The van der Waals surface area contributed by atoms with Crippen LogP contribution in [0.15, 0.2) is 48.0 Å². The number of nitro groups is 1. The van der Waals surface area contributed by atoms with Gasteiger partial charge in [-0.3, -0.25) is 10.1 Å². The minimum Gasteiger partial charge on any atom is -0.456 e. The summed E-state index contributed by atoms with van der Waals surface area (Å²) >= 11 is 7.08. The van der Waals surface area contributed by atoms with Crippen molar-refractivity contribution in [1.82, 2.24) is 4.98 Å². The van der Waals surface area contributed by atoms with Gasteiger partial charge in [0.1, 0.15) is 28.7 Å². The second-order valence-electron chi connectivity index (χ2n) is 5.68. The molecule has 0 fully saturated rings. The molecule has 0 aliphatic rings. The van der Waals surface area contributed by atoms with Crippen LogP contribution in [0.4, 0.5) is 18.9 Å². The molecule has 7 nitrogen and oxygen atoms in total. The lowest BCUT2D eigenvalue weighted by Gasteiger charge is -2.12. The Balaban J connectivity index is 1.85. The summed E-state index contributed by atoms with van der Waals surface area (Å²) in [6.45, 7) is -0.177. The maximum Gasteiger partial charge on any atom is 0.416 e. The van der Waals surface area contributed by atoms with Crippen LogP contribution in [0.1, 0.15) is 20.9 Å². The maximum absolute atomic E-state index is 12.7. The van der Waals surface area contributed by atoms with Gasteiger partial charge in [-0.05, 0) is 24.3 Å². The Morgan fingerprint density at radius 3 is 2.60 bits per heavy atom. The summed E-state index contributed by atoms with van der Waals surface area (Å²) in [4.78, 5) is 26.7. The summed E-state index contributed by atoms with van der Waals surface area (Å²) in [5.74, 6) is -1.16. The van der Waals surface area contributed by atoms with Gasteiger partial charge in [0.2, 0.25) is 0 Å². The van der Waals surface area contributed by atoms with E-state index < -0.39 is 33.9 Å². The molecular formula is C18H10ClF3N2O5S. The van der Waals surface area contributed by atoms with Gasteiger partial charge in [0, 0.05) is 23.7 Å². The molecule has 0 unspecified atom stereocenters. The zero-order valence-corrected chi connectivity index (χ0v) is 16.3. The number of thiazole rings is 1. The van der Waals surface area contributed by atoms with Crippen molar-refractivity contribution < 1.29 is 32.4 Å². The topological polar surface area (TPSA) is 91.6 Å². The van der Waals surface area contributed by atoms with Crippen molar-refractivity contribution in [3.05, 3.63) is 79.2 Å². The molecule has 0 radical (unpaired) electrons. The number of alkyl halides is 3. The molecule has 12 heteroatoms. The molecule has 0 atom stereocenters. The summed E-state index contributed by atoms with van der Waals surface area (Å²) in [6.07, 6.45) is -3.07. The lowest BCUT2D eigenvalue weighted by atomic mass is 10.1. The predicted molar refractivity (Wildman–Crippen MR) is 101 cm³/mol. The predicted octanol–water partition coefficient (Wildman–Crippen LogP) is 5.87. The summed E-state index contributed by atoms with van der Waals surface area (Å²) in [5, 5.41) is 13.1. The lowest BCUT2D eigenvalue weighted by Crippen LogP contribution is -2.08. The number of carbonyl (C=O) groups excluding carboxylic acids is 1. The minimum atomic E-state index is -4.58. The van der Waals surface area contributed by atoms with Crippen LogP contribution in [0.2, 0.25) is 5.02 Å². The number of carbonyl (C=O) groups is 1. The van der Waals surface area contributed by atoms with Crippen LogP contribution in [0.3, 0.4) is 0 Å². The van der Waals surface area contributed by atoms with Crippen LogP contribution in [0.5, 0.6) is 11.5 Å². The fourth-order valence-corrected chi connectivity index (χ4v) is 3.06. The van der Waals surface area contributed by atoms with E-state index in [1.165, 1.54) is 23.6 Å². The average molecular weight is 459 g/mol. The molecule has 0 spiro atoms. The molecule has 0 saturated carbocycles. The second kappa shape index (κ2) is 8.67. The van der Waals surface area contributed by atoms with Gasteiger partial charge >= 0.3 is 12.1 Å². The molecule has 3 rings (SSSR count). The van der Waals surface area contributed by atoms with Gasteiger partial charge in [0.15, 0.2) is 0 Å². The first-order chi connectivity index (χ1) is 14.1. The Hall–Kier alpha value is -3.18. The molecule has 0 amide bonds. The summed E-state index contributed by atoms with van der Waals surface area (Å²) in [5.41, 5.74) is -1.88. The summed E-state index contributed by atoms with van der Waals surface area (Å²) in [6, 6.07) is 5.72. The third-order valence-corrected chi connectivity index (χ3v) is 4.73. The first-order valence-corrected chi connectivity index (χ1v) is 9.29. The van der Waals surface area contributed by atoms with Crippen molar-refractivity contribution >= 4 is 34.6 Å². The van der Waals surface area contributed by atoms with Crippen LogP contribution in [-0.2, 0) is 17.5 Å². The average Bonchev–Trinajstić information content (AvgIpc) is 3.20. The number of esters is 1. The number of halogens is 4. The molecule has 156 valence electrons. The largest absolute Gasteiger partial charge is 0.456 e. The normalized spacial score (nSPS) is 11.2. The van der Waals surface area contributed by atoms with Gasteiger partial charge in [0.25, 0.3) is 5.69 Å². The molecule has 1 aromatic heterocycles. The van der Waals surface area contributed by atoms with Crippen LogP contribution in [0, 0.1) is 10.1 Å². The Morgan fingerprint density at radius 2 is 2.00 bits per heavy atom. The van der Waals surface area contributed by atoms with Gasteiger partial charge in [0.05, 0.1) is 15.5 Å². The van der Waals surface area contributed by atoms with E-state index in [9.17, 15) is 28.1 Å². The second-order valence-corrected chi connectivity index (χ2v) is 7.07. The van der Waals surface area contributed by atoms with E-state index in [0.717, 1.165) is 24.3 Å². The Kier molecular flexibility index (Phi) is 6.22. The highest BCUT2D eigenvalue weighted by atomic mass is 35.5. The van der Waals surface area contributed by atoms with Gasteiger partial charge in [-0.25, -0.2) is 9.78 Å². The van der Waals surface area contributed by atoms with E-state index in [1.54, 1.807) is 5.38 Å². The first-order valence-electron chi connectivity index (χ1n) is 8.03. The van der Waals surface area contributed by atoms with Gasteiger partial charge in [-0.1, -0.05) is 11.6 Å². The summed E-state index contributed by atoms with van der Waals surface area (Å²) in [7, 11) is 0. The fraction of sp³-hybridized carbons (Fsp3) is 0.111. The lowest BCUT2D eigenvalue weighted by molar-refractivity contribution is -0.385. The molecule has 0 aliphatic carbocycles. The van der Waals surface area contributed by atoms with E-state index in [2.05, 4.69) is 4.98 Å². The molecular weight excluding hydrogens is 449 g/mol. The fourth-order valence-electron chi connectivity index (χ4n) is 2.32. The van der Waals surface area contributed by atoms with Crippen molar-refractivity contribution in [2.75, 3.05) is 0 Å². The number of nitrogens with zero attached hydrogens (tertiary/aromatic N) is 2. The van der Waals surface area contributed by atoms with E-state index in [4.69, 9.17) is 21.1 Å². The molecule has 1 heterocycles. The number of nitro benzene ring substituents is 1. The molecule has 0 bridgehead atoms. The molecule has 0 aliphatic heterocycles. The van der Waals surface area contributed by atoms with E-state index >= 15 is 0 Å². The van der Waals surface area contributed by atoms with Crippen LogP contribution in [0.25, 0.3) is 0 Å². The van der Waals surface area contributed by atoms with Gasteiger partial charge < -0.3 is 9.47 Å². The summed E-state index contributed by atoms with van der Waals surface area (Å²) < 4.78 is 48.7. The number of aromatic nitrogens is 1. The first kappa shape index (κ1) is 21.5. The molecule has 3 aromatic rings. The number of ether oxygens (including phenoxy) is 2. The van der Waals surface area contributed by atoms with Gasteiger partial charge in [-0.15, -0.1) is 11.3 Å².